The van der Waals surface area contributed by atoms with Gasteiger partial charge in [-0.25, -0.2) is 5.43 Å². The Kier molecular flexibility index (Phi) is 4.14. The van der Waals surface area contributed by atoms with Gasteiger partial charge in [-0.1, -0.05) is 0 Å². The summed E-state index contributed by atoms with van der Waals surface area (Å²) < 4.78 is 10.3. The van der Waals surface area contributed by atoms with Crippen molar-refractivity contribution >= 4 is 11.3 Å². The third-order valence-corrected chi connectivity index (χ3v) is 3.56. The largest absolute Gasteiger partial charge is 0.496 e. The van der Waals surface area contributed by atoms with Crippen molar-refractivity contribution in [2.75, 3.05) is 14.2 Å². The molecule has 1 unspecified atom stereocenters. The van der Waals surface area contributed by atoms with Gasteiger partial charge in [-0.05, 0) is 17.7 Å². The van der Waals surface area contributed by atoms with Crippen molar-refractivity contribution in [2.45, 2.75) is 6.04 Å². The summed E-state index contributed by atoms with van der Waals surface area (Å²) in [5.74, 6) is 7.16. The van der Waals surface area contributed by atoms with E-state index >= 15 is 0 Å². The molecule has 0 bridgehead atoms. The molecule has 0 saturated heterocycles. The van der Waals surface area contributed by atoms with E-state index in [0.29, 0.717) is 5.75 Å². The average Bonchev–Trinajstić information content (AvgIpc) is 2.88. The molecule has 1 atom stereocenters. The maximum Gasteiger partial charge on any atom is 0.137 e. The van der Waals surface area contributed by atoms with Gasteiger partial charge in [-0.3, -0.25) is 10.8 Å². The molecule has 0 aromatic carbocycles. The number of aromatic nitrogens is 1. The van der Waals surface area contributed by atoms with Gasteiger partial charge in [-0.15, -0.1) is 11.3 Å². The molecule has 5 nitrogen and oxygen atoms in total. The van der Waals surface area contributed by atoms with E-state index in [4.69, 9.17) is 15.3 Å². The van der Waals surface area contributed by atoms with Crippen LogP contribution in [-0.2, 0) is 0 Å². The van der Waals surface area contributed by atoms with Crippen molar-refractivity contribution in [1.82, 2.24) is 10.4 Å². The molecule has 96 valence electrons. The Morgan fingerprint density at radius 1 is 1.22 bits per heavy atom. The maximum atomic E-state index is 5.63. The summed E-state index contributed by atoms with van der Waals surface area (Å²) in [4.78, 5) is 5.19. The highest BCUT2D eigenvalue weighted by Crippen LogP contribution is 2.31. The number of nitrogens with two attached hydrogens (primary N) is 1. The Hall–Kier alpha value is -1.63. The quantitative estimate of drug-likeness (QED) is 0.636. The first-order valence-corrected chi connectivity index (χ1v) is 6.24. The number of nitrogens with one attached hydrogen (secondary N) is 1. The molecule has 0 aliphatic heterocycles. The van der Waals surface area contributed by atoms with E-state index < -0.39 is 0 Å². The van der Waals surface area contributed by atoms with Crippen molar-refractivity contribution in [1.29, 1.82) is 0 Å². The van der Waals surface area contributed by atoms with E-state index in [1.54, 1.807) is 38.0 Å². The topological polar surface area (TPSA) is 69.4 Å². The predicted octanol–water partition coefficient (Wildman–Crippen LogP) is 1.71. The van der Waals surface area contributed by atoms with Gasteiger partial charge >= 0.3 is 0 Å². The highest BCUT2D eigenvalue weighted by Gasteiger charge is 2.16. The molecule has 0 saturated carbocycles. The number of hydrazine groups is 1. The number of pyridine rings is 1. The van der Waals surface area contributed by atoms with Gasteiger partial charge in [0.15, 0.2) is 0 Å². The van der Waals surface area contributed by atoms with Crippen LogP contribution in [0.5, 0.6) is 11.5 Å². The molecule has 0 radical (unpaired) electrons. The summed E-state index contributed by atoms with van der Waals surface area (Å²) in [6, 6.07) is 3.74. The van der Waals surface area contributed by atoms with Gasteiger partial charge in [0, 0.05) is 16.5 Å². The van der Waals surface area contributed by atoms with Crippen molar-refractivity contribution in [3.05, 3.63) is 40.3 Å². The maximum absolute atomic E-state index is 5.63. The predicted molar refractivity (Wildman–Crippen MR) is 70.8 cm³/mol. The van der Waals surface area contributed by atoms with Crippen LogP contribution in [0.15, 0.2) is 29.9 Å². The number of hydrogen-bond acceptors (Lipinski definition) is 6. The monoisotopic (exact) mass is 265 g/mol. The van der Waals surface area contributed by atoms with Crippen LogP contribution in [0.4, 0.5) is 0 Å². The van der Waals surface area contributed by atoms with E-state index in [1.165, 1.54) is 0 Å². The summed E-state index contributed by atoms with van der Waals surface area (Å²) in [7, 11) is 3.25. The third kappa shape index (κ3) is 2.61. The van der Waals surface area contributed by atoms with Crippen molar-refractivity contribution < 1.29 is 9.47 Å². The first kappa shape index (κ1) is 12.8. The molecule has 18 heavy (non-hydrogen) atoms. The van der Waals surface area contributed by atoms with Crippen LogP contribution in [0.3, 0.4) is 0 Å². The van der Waals surface area contributed by atoms with Crippen LogP contribution in [0.25, 0.3) is 0 Å². The zero-order chi connectivity index (χ0) is 13.0. The molecule has 2 heterocycles. The Morgan fingerprint density at radius 3 is 2.61 bits per heavy atom. The zero-order valence-corrected chi connectivity index (χ0v) is 11.0. The summed E-state index contributed by atoms with van der Waals surface area (Å²) in [5.41, 5.74) is 3.73. The van der Waals surface area contributed by atoms with Crippen LogP contribution in [0.1, 0.15) is 16.5 Å². The van der Waals surface area contributed by atoms with Crippen molar-refractivity contribution in [2.24, 2.45) is 5.84 Å². The highest BCUT2D eigenvalue weighted by molar-refractivity contribution is 7.10. The molecule has 0 aliphatic rings. The number of nitrogens with zero attached hydrogens (tertiary/aromatic N) is 1. The second-order valence-corrected chi connectivity index (χ2v) is 4.59. The molecular formula is C12H15N3O2S. The smallest absolute Gasteiger partial charge is 0.137 e. The molecule has 0 fully saturated rings. The number of hydrogen-bond donors (Lipinski definition) is 2. The molecular weight excluding hydrogens is 250 g/mol. The minimum atomic E-state index is -0.124. The molecule has 2 rings (SSSR count). The standard InChI is InChI=1S/C12H15N3O2S/c1-16-9-3-8(5-14-6-9)12(15-13)11-4-10(17-2)7-18-11/h3-7,12,15H,13H2,1-2H3. The minimum absolute atomic E-state index is 0.124. The molecule has 2 aromatic rings. The van der Waals surface area contributed by atoms with Crippen LogP contribution in [-0.4, -0.2) is 19.2 Å². The minimum Gasteiger partial charge on any atom is -0.496 e. The SMILES string of the molecule is COc1cncc(C(NN)c2cc(OC)cs2)c1. The van der Waals surface area contributed by atoms with E-state index in [0.717, 1.165) is 16.2 Å². The lowest BCUT2D eigenvalue weighted by Gasteiger charge is -2.14. The summed E-state index contributed by atoms with van der Waals surface area (Å²) >= 11 is 1.58. The first-order valence-electron chi connectivity index (χ1n) is 5.36. The molecule has 2 aromatic heterocycles. The lowest BCUT2D eigenvalue weighted by molar-refractivity contribution is 0.411. The highest BCUT2D eigenvalue weighted by atomic mass is 32.1. The first-order chi connectivity index (χ1) is 8.78. The van der Waals surface area contributed by atoms with Gasteiger partial charge in [0.05, 0.1) is 26.5 Å². The summed E-state index contributed by atoms with van der Waals surface area (Å²) in [6.45, 7) is 0. The number of thiophene rings is 1. The van der Waals surface area contributed by atoms with Gasteiger partial charge in [0.1, 0.15) is 11.5 Å². The number of methoxy groups -OCH3 is 2. The van der Waals surface area contributed by atoms with E-state index in [9.17, 15) is 0 Å². The molecule has 0 amide bonds. The van der Waals surface area contributed by atoms with Crippen LogP contribution >= 0.6 is 11.3 Å². The normalized spacial score (nSPS) is 12.2. The van der Waals surface area contributed by atoms with Gasteiger partial charge in [0.25, 0.3) is 0 Å². The molecule has 0 spiro atoms. The third-order valence-electron chi connectivity index (χ3n) is 2.59. The number of ether oxygens (including phenoxy) is 2. The number of rotatable bonds is 5. The van der Waals surface area contributed by atoms with Gasteiger partial charge in [-0.2, -0.15) is 0 Å². The second kappa shape index (κ2) is 5.81. The van der Waals surface area contributed by atoms with E-state index in [2.05, 4.69) is 10.4 Å². The lowest BCUT2D eigenvalue weighted by atomic mass is 10.1. The fourth-order valence-corrected chi connectivity index (χ4v) is 2.58. The molecule has 0 aliphatic carbocycles. The van der Waals surface area contributed by atoms with Crippen LogP contribution in [0, 0.1) is 0 Å². The van der Waals surface area contributed by atoms with Gasteiger partial charge < -0.3 is 9.47 Å². The average molecular weight is 265 g/mol. The summed E-state index contributed by atoms with van der Waals surface area (Å²) in [5, 5.41) is 1.94. The lowest BCUT2D eigenvalue weighted by Crippen LogP contribution is -2.28. The Balaban J connectivity index is 2.32. The zero-order valence-electron chi connectivity index (χ0n) is 10.2. The Labute approximate surface area is 110 Å². The van der Waals surface area contributed by atoms with E-state index in [1.807, 2.05) is 17.5 Å². The second-order valence-electron chi connectivity index (χ2n) is 3.65. The van der Waals surface area contributed by atoms with Crippen molar-refractivity contribution in [3.8, 4) is 11.5 Å². The fraction of sp³-hybridized carbons (Fsp3) is 0.250. The van der Waals surface area contributed by atoms with Gasteiger partial charge in [0.2, 0.25) is 0 Å². The summed E-state index contributed by atoms with van der Waals surface area (Å²) in [6.07, 6.45) is 3.42. The van der Waals surface area contributed by atoms with Crippen molar-refractivity contribution in [3.63, 3.8) is 0 Å². The molecule has 6 heteroatoms. The van der Waals surface area contributed by atoms with Crippen LogP contribution in [0.2, 0.25) is 0 Å². The Morgan fingerprint density at radius 2 is 2.00 bits per heavy atom. The Bertz CT molecular complexity index is 516. The van der Waals surface area contributed by atoms with E-state index in [-0.39, 0.29) is 6.04 Å². The molecule has 3 N–H and O–H groups in total. The fourth-order valence-electron chi connectivity index (χ4n) is 1.64. The van der Waals surface area contributed by atoms with Crippen LogP contribution < -0.4 is 20.7 Å².